The van der Waals surface area contributed by atoms with Crippen molar-refractivity contribution in [2.24, 2.45) is 4.99 Å². The molecule has 0 aromatic rings. The van der Waals surface area contributed by atoms with Crippen molar-refractivity contribution in [1.82, 2.24) is 10.6 Å². The molecule has 128 valence electrons. The maximum atomic E-state index is 11.5. The number of hydrogen-bond donors (Lipinski definition) is 2. The van der Waals surface area contributed by atoms with Crippen molar-refractivity contribution in [3.05, 3.63) is 0 Å². The number of rotatable bonds is 8. The fraction of sp³-hybridized carbons (Fsp3) is 0.857. The number of nitrogens with zero attached hydrogens (tertiary/aromatic N) is 1. The van der Waals surface area contributed by atoms with Gasteiger partial charge in [0.1, 0.15) is 0 Å². The van der Waals surface area contributed by atoms with Crippen LogP contribution in [0.25, 0.3) is 0 Å². The lowest BCUT2D eigenvalue weighted by molar-refractivity contribution is -0.140. The summed E-state index contributed by atoms with van der Waals surface area (Å²) in [6.45, 7) is 3.35. The van der Waals surface area contributed by atoms with Crippen LogP contribution in [0.2, 0.25) is 0 Å². The van der Waals surface area contributed by atoms with Crippen molar-refractivity contribution in [1.29, 1.82) is 0 Å². The van der Waals surface area contributed by atoms with Gasteiger partial charge in [-0.1, -0.05) is 6.42 Å². The summed E-state index contributed by atoms with van der Waals surface area (Å²) in [7, 11) is -1.50. The molecule has 0 amide bonds. The standard InChI is InChI=1S/C14H27N3O4S/c1-3-15-14(17-12-8-10-22(19,20)11-12)16-9-6-4-5-7-13(18)21-2/h12H,3-11H2,1-2H3,(H2,15,16,17). The zero-order chi connectivity index (χ0) is 16.4. The van der Waals surface area contributed by atoms with E-state index in [4.69, 9.17) is 0 Å². The second-order valence-corrected chi connectivity index (χ2v) is 7.62. The fourth-order valence-electron chi connectivity index (χ4n) is 2.27. The highest BCUT2D eigenvalue weighted by Crippen LogP contribution is 2.11. The molecule has 1 atom stereocenters. The summed E-state index contributed by atoms with van der Waals surface area (Å²) in [5, 5.41) is 6.30. The number of methoxy groups -OCH3 is 1. The molecule has 0 aliphatic carbocycles. The van der Waals surface area contributed by atoms with E-state index in [0.29, 0.717) is 25.3 Å². The highest BCUT2D eigenvalue weighted by atomic mass is 32.2. The molecule has 1 aliphatic rings. The smallest absolute Gasteiger partial charge is 0.305 e. The number of carbonyl (C=O) groups is 1. The molecule has 0 spiro atoms. The van der Waals surface area contributed by atoms with Gasteiger partial charge in [0.2, 0.25) is 0 Å². The predicted molar refractivity (Wildman–Crippen MR) is 86.7 cm³/mol. The number of sulfone groups is 1. The van der Waals surface area contributed by atoms with Crippen LogP contribution >= 0.6 is 0 Å². The molecule has 1 aliphatic heterocycles. The Balaban J connectivity index is 2.28. The number of carbonyl (C=O) groups excluding carboxylic acids is 1. The van der Waals surface area contributed by atoms with Crippen LogP contribution in [0.1, 0.15) is 39.0 Å². The zero-order valence-electron chi connectivity index (χ0n) is 13.4. The van der Waals surface area contributed by atoms with Gasteiger partial charge in [0.05, 0.1) is 18.6 Å². The molecular weight excluding hydrogens is 306 g/mol. The lowest BCUT2D eigenvalue weighted by atomic mass is 10.2. The molecule has 8 heteroatoms. The summed E-state index contributed by atoms with van der Waals surface area (Å²) in [4.78, 5) is 15.4. The van der Waals surface area contributed by atoms with Crippen LogP contribution < -0.4 is 10.6 Å². The predicted octanol–water partition coefficient (Wildman–Crippen LogP) is 0.462. The van der Waals surface area contributed by atoms with Crippen molar-refractivity contribution in [3.63, 3.8) is 0 Å². The number of guanidine groups is 1. The molecule has 1 fully saturated rings. The number of hydrogen-bond acceptors (Lipinski definition) is 5. The highest BCUT2D eigenvalue weighted by molar-refractivity contribution is 7.91. The highest BCUT2D eigenvalue weighted by Gasteiger charge is 2.28. The Labute approximate surface area is 132 Å². The number of nitrogens with one attached hydrogen (secondary N) is 2. The molecule has 1 rings (SSSR count). The van der Waals surface area contributed by atoms with Crippen LogP contribution in [0.15, 0.2) is 4.99 Å². The Bertz CT molecular complexity index is 476. The van der Waals surface area contributed by atoms with Gasteiger partial charge in [0.15, 0.2) is 15.8 Å². The van der Waals surface area contributed by atoms with Crippen LogP contribution in [0.4, 0.5) is 0 Å². The molecule has 0 saturated carbocycles. The Morgan fingerprint density at radius 2 is 2.09 bits per heavy atom. The molecule has 0 bridgehead atoms. The van der Waals surface area contributed by atoms with Gasteiger partial charge in [-0.25, -0.2) is 8.42 Å². The van der Waals surface area contributed by atoms with Gasteiger partial charge in [-0.15, -0.1) is 0 Å². The Morgan fingerprint density at radius 3 is 2.68 bits per heavy atom. The fourth-order valence-corrected chi connectivity index (χ4v) is 3.95. The summed E-state index contributed by atoms with van der Waals surface area (Å²) in [6, 6.07) is -0.0536. The number of unbranched alkanes of at least 4 members (excludes halogenated alkanes) is 2. The van der Waals surface area contributed by atoms with Crippen LogP contribution in [-0.2, 0) is 19.4 Å². The minimum absolute atomic E-state index is 0.0536. The molecule has 2 N–H and O–H groups in total. The molecular formula is C14H27N3O4S. The third kappa shape index (κ3) is 7.63. The van der Waals surface area contributed by atoms with E-state index in [9.17, 15) is 13.2 Å². The quantitative estimate of drug-likeness (QED) is 0.290. The molecule has 7 nitrogen and oxygen atoms in total. The van der Waals surface area contributed by atoms with E-state index in [1.54, 1.807) is 0 Å². The number of esters is 1. The lowest BCUT2D eigenvalue weighted by Gasteiger charge is -2.15. The zero-order valence-corrected chi connectivity index (χ0v) is 14.2. The van der Waals surface area contributed by atoms with Crippen molar-refractivity contribution < 1.29 is 17.9 Å². The molecule has 1 unspecified atom stereocenters. The van der Waals surface area contributed by atoms with E-state index in [-0.39, 0.29) is 23.5 Å². The van der Waals surface area contributed by atoms with E-state index in [0.717, 1.165) is 25.8 Å². The summed E-state index contributed by atoms with van der Waals surface area (Å²) in [6.07, 6.45) is 3.67. The average molecular weight is 333 g/mol. The molecule has 1 heterocycles. The summed E-state index contributed by atoms with van der Waals surface area (Å²) in [5.41, 5.74) is 0. The van der Waals surface area contributed by atoms with Gasteiger partial charge < -0.3 is 15.4 Å². The third-order valence-corrected chi connectivity index (χ3v) is 5.22. The van der Waals surface area contributed by atoms with Crippen molar-refractivity contribution in [2.45, 2.75) is 45.1 Å². The summed E-state index contributed by atoms with van der Waals surface area (Å²) < 4.78 is 27.5. The molecule has 0 aromatic heterocycles. The average Bonchev–Trinajstić information content (AvgIpc) is 2.81. The normalized spacial score (nSPS) is 20.6. The first-order valence-corrected chi connectivity index (χ1v) is 9.61. The minimum atomic E-state index is -2.89. The van der Waals surface area contributed by atoms with E-state index in [2.05, 4.69) is 20.4 Å². The van der Waals surface area contributed by atoms with E-state index in [1.807, 2.05) is 6.92 Å². The van der Waals surface area contributed by atoms with E-state index < -0.39 is 9.84 Å². The second kappa shape index (κ2) is 9.66. The molecule has 22 heavy (non-hydrogen) atoms. The topological polar surface area (TPSA) is 96.9 Å². The first-order chi connectivity index (χ1) is 10.5. The van der Waals surface area contributed by atoms with E-state index >= 15 is 0 Å². The van der Waals surface area contributed by atoms with Crippen LogP contribution in [-0.4, -0.2) is 58.1 Å². The maximum Gasteiger partial charge on any atom is 0.305 e. The van der Waals surface area contributed by atoms with Gasteiger partial charge in [0.25, 0.3) is 0 Å². The van der Waals surface area contributed by atoms with Crippen molar-refractivity contribution in [3.8, 4) is 0 Å². The maximum absolute atomic E-state index is 11.5. The number of ether oxygens (including phenoxy) is 1. The Hall–Kier alpha value is -1.31. The van der Waals surface area contributed by atoms with Gasteiger partial charge in [-0.3, -0.25) is 9.79 Å². The molecule has 1 saturated heterocycles. The van der Waals surface area contributed by atoms with Gasteiger partial charge in [-0.05, 0) is 26.2 Å². The monoisotopic (exact) mass is 333 g/mol. The third-order valence-electron chi connectivity index (χ3n) is 3.45. The van der Waals surface area contributed by atoms with Crippen LogP contribution in [0.3, 0.4) is 0 Å². The van der Waals surface area contributed by atoms with Crippen molar-refractivity contribution in [2.75, 3.05) is 31.7 Å². The lowest BCUT2D eigenvalue weighted by Crippen LogP contribution is -2.44. The van der Waals surface area contributed by atoms with E-state index in [1.165, 1.54) is 7.11 Å². The first-order valence-electron chi connectivity index (χ1n) is 7.79. The SMILES string of the molecule is CCNC(=NCCCCCC(=O)OC)NC1CCS(=O)(=O)C1. The Morgan fingerprint density at radius 1 is 1.32 bits per heavy atom. The van der Waals surface area contributed by atoms with Gasteiger partial charge in [0, 0.05) is 25.6 Å². The second-order valence-electron chi connectivity index (χ2n) is 5.39. The van der Waals surface area contributed by atoms with Crippen LogP contribution in [0, 0.1) is 0 Å². The largest absolute Gasteiger partial charge is 0.469 e. The summed E-state index contributed by atoms with van der Waals surface area (Å²) >= 11 is 0. The van der Waals surface area contributed by atoms with Crippen LogP contribution in [0.5, 0.6) is 0 Å². The number of aliphatic imine (C=N–C) groups is 1. The van der Waals surface area contributed by atoms with Gasteiger partial charge in [-0.2, -0.15) is 0 Å². The minimum Gasteiger partial charge on any atom is -0.469 e. The molecule has 0 radical (unpaired) electrons. The van der Waals surface area contributed by atoms with Gasteiger partial charge >= 0.3 is 5.97 Å². The summed E-state index contributed by atoms with van der Waals surface area (Å²) in [5.74, 6) is 0.909. The molecule has 0 aromatic carbocycles. The Kier molecular flexibility index (Phi) is 8.22. The first kappa shape index (κ1) is 18.7. The van der Waals surface area contributed by atoms with Crippen molar-refractivity contribution >= 4 is 21.8 Å².